The summed E-state index contributed by atoms with van der Waals surface area (Å²) in [5.74, 6) is 0.603. The fraction of sp³-hybridized carbons (Fsp3) is 0.769. The highest BCUT2D eigenvalue weighted by Crippen LogP contribution is 2.25. The Kier molecular flexibility index (Phi) is 6.91. The second-order valence-corrected chi connectivity index (χ2v) is 7.56. The minimum absolute atomic E-state index is 0.192. The first-order chi connectivity index (χ1) is 9.37. The molecule has 1 unspecified atom stereocenters. The summed E-state index contributed by atoms with van der Waals surface area (Å²) in [5, 5.41) is 12.3. The molecule has 5 nitrogen and oxygen atoms in total. The second-order valence-electron chi connectivity index (χ2n) is 5.04. The Morgan fingerprint density at radius 3 is 2.70 bits per heavy atom. The highest BCUT2D eigenvalue weighted by atomic mass is 32.2. The third-order valence-electron chi connectivity index (χ3n) is 2.67. The monoisotopic (exact) mass is 317 g/mol. The molecule has 0 aliphatic carbocycles. The van der Waals surface area contributed by atoms with Gasteiger partial charge >= 0.3 is 5.97 Å². The molecule has 0 bridgehead atoms. The number of esters is 1. The molecule has 1 aromatic rings. The van der Waals surface area contributed by atoms with E-state index in [0.717, 1.165) is 15.1 Å². The summed E-state index contributed by atoms with van der Waals surface area (Å²) < 4.78 is 6.12. The van der Waals surface area contributed by atoms with Gasteiger partial charge in [0.1, 0.15) is 10.5 Å². The zero-order valence-corrected chi connectivity index (χ0v) is 14.4. The lowest BCUT2D eigenvalue weighted by Crippen LogP contribution is -2.53. The molecule has 0 saturated heterocycles. The van der Waals surface area contributed by atoms with Crippen LogP contribution >= 0.6 is 23.1 Å². The van der Waals surface area contributed by atoms with Crippen LogP contribution in [0.15, 0.2) is 4.34 Å². The summed E-state index contributed by atoms with van der Waals surface area (Å²) >= 11 is 3.20. The molecule has 0 aliphatic heterocycles. The van der Waals surface area contributed by atoms with Crippen LogP contribution in [-0.4, -0.2) is 40.1 Å². The van der Waals surface area contributed by atoms with Crippen molar-refractivity contribution in [2.45, 2.75) is 57.0 Å². The smallest absolute Gasteiger partial charge is 0.326 e. The third kappa shape index (κ3) is 5.38. The van der Waals surface area contributed by atoms with Crippen molar-refractivity contribution in [2.75, 3.05) is 12.4 Å². The minimum Gasteiger partial charge on any atom is -0.465 e. The molecule has 1 rings (SSSR count). The molecule has 0 fully saturated rings. The predicted octanol–water partition coefficient (Wildman–Crippen LogP) is 2.65. The molecule has 0 spiro atoms. The molecule has 0 aromatic carbocycles. The number of thioether (sulfide) groups is 1. The first kappa shape index (κ1) is 17.4. The van der Waals surface area contributed by atoms with Crippen molar-refractivity contribution >= 4 is 29.1 Å². The van der Waals surface area contributed by atoms with Crippen LogP contribution < -0.4 is 5.32 Å². The summed E-state index contributed by atoms with van der Waals surface area (Å²) in [6, 6.07) is 0.221. The SMILES string of the molecule is CCOC(=O)C(C)(CCSc1nnc(C)s1)NC(C)C. The largest absolute Gasteiger partial charge is 0.465 e. The van der Waals surface area contributed by atoms with Crippen molar-refractivity contribution in [2.24, 2.45) is 0 Å². The molecule has 0 radical (unpaired) electrons. The van der Waals surface area contributed by atoms with Crippen LogP contribution in [0.5, 0.6) is 0 Å². The lowest BCUT2D eigenvalue weighted by atomic mass is 9.98. The standard InChI is InChI=1S/C13H23N3O2S2/c1-6-18-11(17)13(5,14-9(2)3)7-8-19-12-16-15-10(4)20-12/h9,14H,6-8H2,1-5H3. The molecule has 0 amide bonds. The van der Waals surface area contributed by atoms with Gasteiger partial charge in [-0.2, -0.15) is 0 Å². The Morgan fingerprint density at radius 1 is 1.50 bits per heavy atom. The van der Waals surface area contributed by atoms with Crippen molar-refractivity contribution < 1.29 is 9.53 Å². The number of carbonyl (C=O) groups is 1. The molecule has 0 aliphatic rings. The van der Waals surface area contributed by atoms with E-state index in [1.807, 2.05) is 34.6 Å². The first-order valence-corrected chi connectivity index (χ1v) is 8.55. The van der Waals surface area contributed by atoms with Crippen LogP contribution in [0, 0.1) is 6.92 Å². The summed E-state index contributed by atoms with van der Waals surface area (Å²) in [6.45, 7) is 10.1. The zero-order valence-electron chi connectivity index (χ0n) is 12.7. The van der Waals surface area contributed by atoms with Crippen LogP contribution in [-0.2, 0) is 9.53 Å². The van der Waals surface area contributed by atoms with E-state index >= 15 is 0 Å². The Labute approximate surface area is 128 Å². The van der Waals surface area contributed by atoms with Crippen LogP contribution in [0.25, 0.3) is 0 Å². The van der Waals surface area contributed by atoms with Crippen molar-refractivity contribution in [3.63, 3.8) is 0 Å². The topological polar surface area (TPSA) is 64.1 Å². The molecule has 114 valence electrons. The van der Waals surface area contributed by atoms with Gasteiger partial charge in [-0.3, -0.25) is 10.1 Å². The fourth-order valence-corrected chi connectivity index (χ4v) is 3.89. The van der Waals surface area contributed by atoms with Gasteiger partial charge in [-0.15, -0.1) is 10.2 Å². The van der Waals surface area contributed by atoms with Crippen molar-refractivity contribution in [3.05, 3.63) is 5.01 Å². The van der Waals surface area contributed by atoms with Gasteiger partial charge in [-0.05, 0) is 41.0 Å². The Morgan fingerprint density at radius 2 is 2.20 bits per heavy atom. The van der Waals surface area contributed by atoms with E-state index in [2.05, 4.69) is 15.5 Å². The van der Waals surface area contributed by atoms with Crippen LogP contribution in [0.3, 0.4) is 0 Å². The van der Waals surface area contributed by atoms with Gasteiger partial charge in [-0.1, -0.05) is 23.1 Å². The van der Waals surface area contributed by atoms with Gasteiger partial charge in [0.05, 0.1) is 6.61 Å². The molecule has 1 N–H and O–H groups in total. The van der Waals surface area contributed by atoms with E-state index in [-0.39, 0.29) is 12.0 Å². The average molecular weight is 317 g/mol. The molecule has 7 heteroatoms. The number of aryl methyl sites for hydroxylation is 1. The second kappa shape index (κ2) is 7.95. The summed E-state index contributed by atoms with van der Waals surface area (Å²) in [5.41, 5.74) is -0.656. The maximum atomic E-state index is 12.1. The van der Waals surface area contributed by atoms with E-state index in [1.54, 1.807) is 23.1 Å². The van der Waals surface area contributed by atoms with Gasteiger partial charge in [-0.25, -0.2) is 0 Å². The average Bonchev–Trinajstić information content (AvgIpc) is 2.74. The van der Waals surface area contributed by atoms with Gasteiger partial charge in [0.15, 0.2) is 4.34 Å². The quantitative estimate of drug-likeness (QED) is 0.587. The Hall–Kier alpha value is -0.660. The summed E-state index contributed by atoms with van der Waals surface area (Å²) in [6.07, 6.45) is 0.688. The number of aromatic nitrogens is 2. The summed E-state index contributed by atoms with van der Waals surface area (Å²) in [7, 11) is 0. The molecule has 1 heterocycles. The number of nitrogens with zero attached hydrogens (tertiary/aromatic N) is 2. The maximum absolute atomic E-state index is 12.1. The Balaban J connectivity index is 2.57. The van der Waals surface area contributed by atoms with Crippen molar-refractivity contribution in [1.29, 1.82) is 0 Å². The van der Waals surface area contributed by atoms with Gasteiger partial charge in [0, 0.05) is 11.8 Å². The molecule has 1 aromatic heterocycles. The summed E-state index contributed by atoms with van der Waals surface area (Å²) in [4.78, 5) is 12.1. The normalized spacial score (nSPS) is 14.3. The number of hydrogen-bond donors (Lipinski definition) is 1. The first-order valence-electron chi connectivity index (χ1n) is 6.75. The predicted molar refractivity (Wildman–Crippen MR) is 83.3 cm³/mol. The van der Waals surface area contributed by atoms with Crippen LogP contribution in [0.2, 0.25) is 0 Å². The highest BCUT2D eigenvalue weighted by molar-refractivity contribution is 8.01. The number of nitrogens with one attached hydrogen (secondary N) is 1. The Bertz CT molecular complexity index is 437. The number of hydrogen-bond acceptors (Lipinski definition) is 7. The number of carbonyl (C=O) groups excluding carboxylic acids is 1. The van der Waals surface area contributed by atoms with Gasteiger partial charge < -0.3 is 4.74 Å². The number of rotatable bonds is 8. The van der Waals surface area contributed by atoms with Crippen LogP contribution in [0.1, 0.15) is 39.1 Å². The lowest BCUT2D eigenvalue weighted by Gasteiger charge is -2.30. The lowest BCUT2D eigenvalue weighted by molar-refractivity contribution is -0.150. The van der Waals surface area contributed by atoms with E-state index in [4.69, 9.17) is 4.74 Å². The third-order valence-corrected chi connectivity index (χ3v) is 4.64. The van der Waals surface area contributed by atoms with Crippen molar-refractivity contribution in [1.82, 2.24) is 15.5 Å². The molecule has 1 atom stereocenters. The molecular formula is C13H23N3O2S2. The van der Waals surface area contributed by atoms with Crippen molar-refractivity contribution in [3.8, 4) is 0 Å². The van der Waals surface area contributed by atoms with E-state index in [1.165, 1.54) is 0 Å². The van der Waals surface area contributed by atoms with Crippen LogP contribution in [0.4, 0.5) is 0 Å². The zero-order chi connectivity index (χ0) is 15.2. The van der Waals surface area contributed by atoms with Gasteiger partial charge in [0.2, 0.25) is 0 Å². The van der Waals surface area contributed by atoms with E-state index in [0.29, 0.717) is 13.0 Å². The highest BCUT2D eigenvalue weighted by Gasteiger charge is 2.34. The van der Waals surface area contributed by atoms with E-state index < -0.39 is 5.54 Å². The molecule has 20 heavy (non-hydrogen) atoms. The minimum atomic E-state index is -0.656. The van der Waals surface area contributed by atoms with Gasteiger partial charge in [0.25, 0.3) is 0 Å². The maximum Gasteiger partial charge on any atom is 0.326 e. The fourth-order valence-electron chi connectivity index (χ4n) is 1.84. The molecule has 0 saturated carbocycles. The number of ether oxygens (including phenoxy) is 1. The molecular weight excluding hydrogens is 294 g/mol. The van der Waals surface area contributed by atoms with E-state index in [9.17, 15) is 4.79 Å².